The Morgan fingerprint density at radius 2 is 1.80 bits per heavy atom. The fourth-order valence-corrected chi connectivity index (χ4v) is 8.63. The fraction of sp³-hybridized carbons (Fsp3) is 0.500. The van der Waals surface area contributed by atoms with Gasteiger partial charge in [-0.1, -0.05) is 33.8 Å². The summed E-state index contributed by atoms with van der Waals surface area (Å²) >= 11 is 0. The van der Waals surface area contributed by atoms with Crippen LogP contribution >= 0.6 is 0 Å². The van der Waals surface area contributed by atoms with Gasteiger partial charge in [0.25, 0.3) is 0 Å². The highest BCUT2D eigenvalue weighted by Crippen LogP contribution is 2.51. The van der Waals surface area contributed by atoms with Crippen LogP contribution in [-0.2, 0) is 16.1 Å². The number of rotatable bonds is 14. The molecule has 320 valence electrons. The van der Waals surface area contributed by atoms with Crippen molar-refractivity contribution < 1.29 is 33.0 Å². The van der Waals surface area contributed by atoms with Gasteiger partial charge in [0, 0.05) is 41.1 Å². The Morgan fingerprint density at radius 1 is 1.03 bits per heavy atom. The van der Waals surface area contributed by atoms with Crippen LogP contribution in [0.1, 0.15) is 84.2 Å². The molecule has 6 unspecified atom stereocenters. The molecule has 1 saturated carbocycles. The normalized spacial score (nSPS) is 19.6. The zero-order valence-corrected chi connectivity index (χ0v) is 34.9. The van der Waals surface area contributed by atoms with Crippen molar-refractivity contribution in [2.24, 2.45) is 23.5 Å². The summed E-state index contributed by atoms with van der Waals surface area (Å²) in [6, 6.07) is 9.84. The lowest BCUT2D eigenvalue weighted by molar-refractivity contribution is -0.134. The Kier molecular flexibility index (Phi) is 11.5. The maximum absolute atomic E-state index is 16.3. The number of fused-ring (bicyclic) bond motifs is 5. The summed E-state index contributed by atoms with van der Waals surface area (Å²) < 4.78 is 44.3. The number of alkyl halides is 1. The zero-order chi connectivity index (χ0) is 42.6. The molecule has 3 aromatic heterocycles. The van der Waals surface area contributed by atoms with Crippen LogP contribution in [0.5, 0.6) is 5.75 Å². The number of nitrogens with one attached hydrogen (secondary N) is 3. The van der Waals surface area contributed by atoms with Crippen molar-refractivity contribution in [2.45, 2.75) is 104 Å². The monoisotopic (exact) mass is 827 g/mol. The van der Waals surface area contributed by atoms with Gasteiger partial charge in [-0.2, -0.15) is 0 Å². The molecule has 6 N–H and O–H groups in total. The molecule has 5 heterocycles. The number of alkyl carbamates (subject to hydrolysis) is 1. The van der Waals surface area contributed by atoms with Gasteiger partial charge in [-0.15, -0.1) is 0 Å². The van der Waals surface area contributed by atoms with Crippen LogP contribution < -0.4 is 15.8 Å². The molecule has 14 nitrogen and oxygen atoms in total. The van der Waals surface area contributed by atoms with E-state index in [1.165, 1.54) is 20.1 Å². The third kappa shape index (κ3) is 7.99. The lowest BCUT2D eigenvalue weighted by Crippen LogP contribution is -2.55. The number of amides is 2. The third-order valence-electron chi connectivity index (χ3n) is 12.1. The second kappa shape index (κ2) is 16.6. The molecule has 60 heavy (non-hydrogen) atoms. The first kappa shape index (κ1) is 41.4. The molecule has 0 bridgehead atoms. The highest BCUT2D eigenvalue weighted by atomic mass is 19.1. The Bertz CT molecular complexity index is 2370. The number of aliphatic hydroxyl groups excluding tert-OH is 1. The number of nitrogens with zero attached hydrogens (tertiary/aromatic N) is 5. The highest BCUT2D eigenvalue weighted by Gasteiger charge is 2.40. The summed E-state index contributed by atoms with van der Waals surface area (Å²) in [6.07, 6.45) is 3.52. The summed E-state index contributed by atoms with van der Waals surface area (Å²) in [5.41, 5.74) is 11.1. The van der Waals surface area contributed by atoms with Crippen molar-refractivity contribution in [2.75, 3.05) is 20.2 Å². The number of benzene rings is 2. The molecule has 3 aliphatic rings. The number of hydrogen-bond donors (Lipinski definition) is 5. The van der Waals surface area contributed by atoms with Crippen LogP contribution in [0, 0.1) is 23.6 Å². The average Bonchev–Trinajstić information content (AvgIpc) is 3.59. The van der Waals surface area contributed by atoms with E-state index in [0.717, 1.165) is 53.5 Å². The number of ether oxygens (including phenoxy) is 2. The minimum absolute atomic E-state index is 0.00653. The minimum Gasteiger partial charge on any atom is -0.469 e. The number of aliphatic hydroxyl groups is 1. The van der Waals surface area contributed by atoms with Crippen molar-refractivity contribution in [1.82, 2.24) is 39.6 Å². The molecule has 2 aliphatic heterocycles. The number of aromatic amines is 2. The number of carbonyl (C=O) groups is 2. The first-order valence-corrected chi connectivity index (χ1v) is 20.9. The number of halogens is 2. The zero-order valence-electron chi connectivity index (χ0n) is 34.9. The van der Waals surface area contributed by atoms with E-state index in [4.69, 9.17) is 15.2 Å². The van der Waals surface area contributed by atoms with Crippen molar-refractivity contribution in [3.8, 4) is 39.5 Å². The third-order valence-corrected chi connectivity index (χ3v) is 12.1. The quantitative estimate of drug-likeness (QED) is 0.0735. The molecule has 2 amide bonds. The van der Waals surface area contributed by atoms with Gasteiger partial charge >= 0.3 is 6.09 Å². The molecule has 1 saturated heterocycles. The molecule has 0 radical (unpaired) electrons. The van der Waals surface area contributed by atoms with Gasteiger partial charge in [0.15, 0.2) is 6.23 Å². The van der Waals surface area contributed by atoms with E-state index < -0.39 is 36.4 Å². The molecular weight excluding hydrogens is 773 g/mol. The van der Waals surface area contributed by atoms with Crippen LogP contribution in [-0.4, -0.2) is 96.1 Å². The number of H-pyrrole nitrogens is 2. The molecule has 8 rings (SSSR count). The van der Waals surface area contributed by atoms with Crippen molar-refractivity contribution in [1.29, 1.82) is 0 Å². The lowest BCUT2D eigenvalue weighted by Gasteiger charge is -2.35. The van der Waals surface area contributed by atoms with Gasteiger partial charge in [0.1, 0.15) is 35.6 Å². The van der Waals surface area contributed by atoms with E-state index in [0.29, 0.717) is 46.7 Å². The number of hydrogen-bond acceptors (Lipinski definition) is 9. The molecule has 2 aromatic carbocycles. The smallest absolute Gasteiger partial charge is 0.407 e. The Labute approximate surface area is 347 Å². The van der Waals surface area contributed by atoms with Crippen LogP contribution in [0.4, 0.5) is 13.6 Å². The van der Waals surface area contributed by atoms with Gasteiger partial charge in [-0.25, -0.2) is 23.5 Å². The van der Waals surface area contributed by atoms with Crippen LogP contribution in [0.15, 0.2) is 48.8 Å². The standard InChI is InChI=1S/C44H55F2N9O5/c1-22(2)38(47)41(56)54-13-7-8-34(54)40-49-19-32(51-40)28-17-36-29(16-30(28)46)35-15-27-14-26(11-12-33(27)55(35)43(60-36)25-9-10-25)31-18-48-37(50-31)21-53(20-24(5)45)42(57)39(23(3)4)52-44(58)59-6/h11-12,14-19,22-25,34,38-39,42-43,57H,7-10,13,20-21,47H2,1-6H3,(H,48,50)(H,49,51)(H,52,58). The summed E-state index contributed by atoms with van der Waals surface area (Å²) in [5.74, 6) is 1.32. The summed E-state index contributed by atoms with van der Waals surface area (Å²) in [5, 5.41) is 14.9. The van der Waals surface area contributed by atoms with Gasteiger partial charge in [0.2, 0.25) is 5.91 Å². The molecule has 6 atom stereocenters. The first-order valence-electron chi connectivity index (χ1n) is 20.9. The van der Waals surface area contributed by atoms with Crippen molar-refractivity contribution in [3.05, 3.63) is 66.3 Å². The van der Waals surface area contributed by atoms with Gasteiger partial charge < -0.3 is 45.1 Å². The largest absolute Gasteiger partial charge is 0.469 e. The van der Waals surface area contributed by atoms with E-state index in [2.05, 4.69) is 42.0 Å². The SMILES string of the molecule is COC(=O)NC(C(C)C)C(O)N(Cc1ncc(-c2ccc3c(c2)cc2n3C(C3CC3)Oc3cc(-c4cnc(C5CCCN5C(=O)C(N)C(C)C)[nH]4)c(F)cc3-2)[nH]1)CC(C)F. The van der Waals surface area contributed by atoms with Gasteiger partial charge in [-0.3, -0.25) is 9.69 Å². The fourth-order valence-electron chi connectivity index (χ4n) is 8.63. The minimum atomic E-state index is -1.25. The van der Waals surface area contributed by atoms with E-state index in [1.54, 1.807) is 28.3 Å². The molecule has 1 aliphatic carbocycles. The van der Waals surface area contributed by atoms with Crippen LogP contribution in [0.3, 0.4) is 0 Å². The summed E-state index contributed by atoms with van der Waals surface area (Å²) in [4.78, 5) is 44.4. The molecule has 0 spiro atoms. The maximum Gasteiger partial charge on any atom is 0.407 e. The van der Waals surface area contributed by atoms with E-state index in [-0.39, 0.29) is 43.1 Å². The predicted molar refractivity (Wildman–Crippen MR) is 223 cm³/mol. The maximum atomic E-state index is 16.3. The van der Waals surface area contributed by atoms with Gasteiger partial charge in [-0.05, 0) is 74.8 Å². The molecule has 5 aromatic rings. The van der Waals surface area contributed by atoms with Crippen molar-refractivity contribution in [3.63, 3.8) is 0 Å². The molecular formula is C44H55F2N9O5. The number of aromatic nitrogens is 5. The first-order chi connectivity index (χ1) is 28.7. The van der Waals surface area contributed by atoms with Crippen LogP contribution in [0.2, 0.25) is 0 Å². The summed E-state index contributed by atoms with van der Waals surface area (Å²) in [6.45, 7) is 9.60. The highest BCUT2D eigenvalue weighted by molar-refractivity contribution is 5.92. The van der Waals surface area contributed by atoms with E-state index in [1.807, 2.05) is 39.8 Å². The number of likely N-dealkylation sites (tertiary alicyclic amines) is 1. The molecule has 2 fully saturated rings. The second-order valence-corrected chi connectivity index (χ2v) is 17.3. The summed E-state index contributed by atoms with van der Waals surface area (Å²) in [7, 11) is 1.25. The number of imidazole rings is 2. The number of nitrogens with two attached hydrogens (primary N) is 1. The predicted octanol–water partition coefficient (Wildman–Crippen LogP) is 7.03. The lowest BCUT2D eigenvalue weighted by atomic mass is 10.0. The van der Waals surface area contributed by atoms with Gasteiger partial charge in [0.05, 0.1) is 66.8 Å². The average molecular weight is 828 g/mol. The topological polar surface area (TPSA) is 180 Å². The number of methoxy groups -OCH3 is 1. The van der Waals surface area contributed by atoms with Crippen LogP contribution in [0.25, 0.3) is 44.7 Å². The van der Waals surface area contributed by atoms with E-state index >= 15 is 4.39 Å². The Hall–Kier alpha value is -5.32. The second-order valence-electron chi connectivity index (χ2n) is 17.3. The van der Waals surface area contributed by atoms with E-state index in [9.17, 15) is 19.1 Å². The Balaban J connectivity index is 1.06. The Morgan fingerprint density at radius 3 is 2.50 bits per heavy atom. The van der Waals surface area contributed by atoms with Crippen molar-refractivity contribution >= 4 is 22.9 Å². The number of carbonyl (C=O) groups excluding carboxylic acids is 2. The molecule has 16 heteroatoms.